The molecule has 3 aromatic rings. The first-order chi connectivity index (χ1) is 11.1. The Labute approximate surface area is 141 Å². The SMILES string of the molecule is Cc1nc(Cc2nnc(SCc3cccc(C(N)=O)c3)o2)cs1. The second-order valence-electron chi connectivity index (χ2n) is 4.85. The van der Waals surface area contributed by atoms with Gasteiger partial charge >= 0.3 is 0 Å². The van der Waals surface area contributed by atoms with Gasteiger partial charge in [0.1, 0.15) is 0 Å². The van der Waals surface area contributed by atoms with Gasteiger partial charge < -0.3 is 10.2 Å². The van der Waals surface area contributed by atoms with Crippen LogP contribution in [0.25, 0.3) is 0 Å². The van der Waals surface area contributed by atoms with Gasteiger partial charge in [-0.25, -0.2) is 4.98 Å². The van der Waals surface area contributed by atoms with Gasteiger partial charge in [-0.2, -0.15) is 0 Å². The molecule has 0 radical (unpaired) electrons. The number of amides is 1. The van der Waals surface area contributed by atoms with Gasteiger partial charge in [-0.05, 0) is 24.6 Å². The minimum absolute atomic E-state index is 0.435. The molecule has 3 rings (SSSR count). The maximum absolute atomic E-state index is 11.2. The molecule has 0 aliphatic rings. The molecule has 1 aromatic carbocycles. The molecular formula is C15H14N4O2S2. The lowest BCUT2D eigenvalue weighted by Crippen LogP contribution is -2.10. The number of benzene rings is 1. The predicted molar refractivity (Wildman–Crippen MR) is 88.5 cm³/mol. The number of carbonyl (C=O) groups is 1. The summed E-state index contributed by atoms with van der Waals surface area (Å²) < 4.78 is 5.61. The Balaban J connectivity index is 1.61. The Hall–Kier alpha value is -2.19. The third kappa shape index (κ3) is 4.17. The van der Waals surface area contributed by atoms with Crippen molar-refractivity contribution in [2.45, 2.75) is 24.3 Å². The second-order valence-corrected chi connectivity index (χ2v) is 6.84. The fourth-order valence-corrected chi connectivity index (χ4v) is 3.31. The molecule has 8 heteroatoms. The number of carbonyl (C=O) groups excluding carboxylic acids is 1. The number of thiazole rings is 1. The zero-order valence-electron chi connectivity index (χ0n) is 12.4. The molecule has 1 amide bonds. The van der Waals surface area contributed by atoms with Crippen molar-refractivity contribution in [3.8, 4) is 0 Å². The molecular weight excluding hydrogens is 332 g/mol. The summed E-state index contributed by atoms with van der Waals surface area (Å²) >= 11 is 3.02. The van der Waals surface area contributed by atoms with Gasteiger partial charge in [0.25, 0.3) is 5.22 Å². The van der Waals surface area contributed by atoms with E-state index in [9.17, 15) is 4.79 Å². The standard InChI is InChI=1S/C15H14N4O2S2/c1-9-17-12(8-22-9)6-13-18-19-15(21-13)23-7-10-3-2-4-11(5-10)14(16)20/h2-5,8H,6-7H2,1H3,(H2,16,20). The van der Waals surface area contributed by atoms with Crippen LogP contribution in [0.15, 0.2) is 39.3 Å². The van der Waals surface area contributed by atoms with Crippen molar-refractivity contribution in [1.82, 2.24) is 15.2 Å². The van der Waals surface area contributed by atoms with Crippen LogP contribution < -0.4 is 5.73 Å². The Bertz CT molecular complexity index is 828. The number of hydrogen-bond acceptors (Lipinski definition) is 7. The Morgan fingerprint density at radius 3 is 3.00 bits per heavy atom. The van der Waals surface area contributed by atoms with Crippen molar-refractivity contribution in [3.63, 3.8) is 0 Å². The van der Waals surface area contributed by atoms with Crippen molar-refractivity contribution >= 4 is 29.0 Å². The third-order valence-electron chi connectivity index (χ3n) is 3.02. The molecule has 0 saturated heterocycles. The number of primary amides is 1. The summed E-state index contributed by atoms with van der Waals surface area (Å²) in [6.07, 6.45) is 0.537. The lowest BCUT2D eigenvalue weighted by molar-refractivity contribution is 0.1000. The first-order valence-electron chi connectivity index (χ1n) is 6.85. The van der Waals surface area contributed by atoms with Crippen molar-refractivity contribution in [2.75, 3.05) is 0 Å². The minimum Gasteiger partial charge on any atom is -0.416 e. The Morgan fingerprint density at radius 2 is 2.26 bits per heavy atom. The average molecular weight is 346 g/mol. The first-order valence-corrected chi connectivity index (χ1v) is 8.71. The molecule has 6 nitrogen and oxygen atoms in total. The highest BCUT2D eigenvalue weighted by molar-refractivity contribution is 7.98. The van der Waals surface area contributed by atoms with Crippen LogP contribution in [0.1, 0.15) is 32.5 Å². The summed E-state index contributed by atoms with van der Waals surface area (Å²) in [5.41, 5.74) is 7.68. The van der Waals surface area contributed by atoms with Crippen molar-refractivity contribution in [3.05, 3.63) is 57.4 Å². The molecule has 0 bridgehead atoms. The van der Waals surface area contributed by atoms with Crippen LogP contribution in [0.2, 0.25) is 0 Å². The van der Waals surface area contributed by atoms with Crippen LogP contribution in [0, 0.1) is 6.92 Å². The van der Waals surface area contributed by atoms with Crippen LogP contribution in [0.3, 0.4) is 0 Å². The predicted octanol–water partition coefficient (Wildman–Crippen LogP) is 2.82. The summed E-state index contributed by atoms with van der Waals surface area (Å²) in [4.78, 5) is 15.6. The molecule has 2 N–H and O–H groups in total. The summed E-state index contributed by atoms with van der Waals surface area (Å²) in [6.45, 7) is 1.96. The van der Waals surface area contributed by atoms with Gasteiger partial charge in [-0.15, -0.1) is 21.5 Å². The zero-order chi connectivity index (χ0) is 16.2. The van der Waals surface area contributed by atoms with Gasteiger partial charge in [0, 0.05) is 16.7 Å². The highest BCUT2D eigenvalue weighted by Crippen LogP contribution is 2.23. The number of rotatable bonds is 6. The molecule has 0 atom stereocenters. The van der Waals surface area contributed by atoms with E-state index in [1.54, 1.807) is 29.5 Å². The molecule has 23 heavy (non-hydrogen) atoms. The Kier molecular flexibility index (Phi) is 4.73. The van der Waals surface area contributed by atoms with Crippen molar-refractivity contribution in [1.29, 1.82) is 0 Å². The largest absolute Gasteiger partial charge is 0.416 e. The second kappa shape index (κ2) is 6.93. The molecule has 0 spiro atoms. The van der Waals surface area contributed by atoms with Crippen molar-refractivity contribution in [2.24, 2.45) is 5.73 Å². The maximum Gasteiger partial charge on any atom is 0.276 e. The van der Waals surface area contributed by atoms with E-state index in [1.165, 1.54) is 11.8 Å². The highest BCUT2D eigenvalue weighted by atomic mass is 32.2. The van der Waals surface area contributed by atoms with E-state index in [0.717, 1.165) is 16.3 Å². The summed E-state index contributed by atoms with van der Waals surface area (Å²) in [7, 11) is 0. The lowest BCUT2D eigenvalue weighted by atomic mass is 10.1. The van der Waals surface area contributed by atoms with Crippen LogP contribution in [-0.4, -0.2) is 21.1 Å². The number of nitrogens with two attached hydrogens (primary N) is 1. The van der Waals surface area contributed by atoms with Gasteiger partial charge in [-0.3, -0.25) is 4.79 Å². The van der Waals surface area contributed by atoms with Crippen LogP contribution >= 0.6 is 23.1 Å². The number of aromatic nitrogens is 3. The van der Waals surface area contributed by atoms with Crippen LogP contribution in [-0.2, 0) is 12.2 Å². The Morgan fingerprint density at radius 1 is 1.39 bits per heavy atom. The third-order valence-corrected chi connectivity index (χ3v) is 4.73. The van der Waals surface area contributed by atoms with E-state index in [1.807, 2.05) is 18.4 Å². The fourth-order valence-electron chi connectivity index (χ4n) is 1.97. The van der Waals surface area contributed by atoms with Crippen LogP contribution in [0.5, 0.6) is 0 Å². The molecule has 2 heterocycles. The number of thioether (sulfide) groups is 1. The van der Waals surface area contributed by atoms with Crippen LogP contribution in [0.4, 0.5) is 0 Å². The minimum atomic E-state index is -0.435. The summed E-state index contributed by atoms with van der Waals surface area (Å²) in [6, 6.07) is 7.19. The molecule has 0 aliphatic heterocycles. The van der Waals surface area contributed by atoms with Gasteiger partial charge in [0.05, 0.1) is 17.1 Å². The number of hydrogen-bond donors (Lipinski definition) is 1. The number of aryl methyl sites for hydroxylation is 1. The lowest BCUT2D eigenvalue weighted by Gasteiger charge is -2.00. The van der Waals surface area contributed by atoms with Crippen molar-refractivity contribution < 1.29 is 9.21 Å². The van der Waals surface area contributed by atoms with Gasteiger partial charge in [0.15, 0.2) is 0 Å². The van der Waals surface area contributed by atoms with Gasteiger partial charge in [0.2, 0.25) is 11.8 Å². The smallest absolute Gasteiger partial charge is 0.276 e. The van der Waals surface area contributed by atoms with Gasteiger partial charge in [-0.1, -0.05) is 23.9 Å². The van der Waals surface area contributed by atoms with E-state index in [0.29, 0.717) is 28.9 Å². The average Bonchev–Trinajstić information content (AvgIpc) is 3.15. The normalized spacial score (nSPS) is 10.8. The molecule has 2 aromatic heterocycles. The number of nitrogens with zero attached hydrogens (tertiary/aromatic N) is 3. The summed E-state index contributed by atoms with van der Waals surface area (Å²) in [5.74, 6) is 0.734. The molecule has 0 aliphatic carbocycles. The fraction of sp³-hybridized carbons (Fsp3) is 0.200. The van der Waals surface area contributed by atoms with E-state index >= 15 is 0 Å². The molecule has 0 unspecified atom stereocenters. The summed E-state index contributed by atoms with van der Waals surface area (Å²) in [5, 5.41) is 11.6. The first kappa shape index (κ1) is 15.7. The highest BCUT2D eigenvalue weighted by Gasteiger charge is 2.10. The quantitative estimate of drug-likeness (QED) is 0.690. The monoisotopic (exact) mass is 346 g/mol. The van der Waals surface area contributed by atoms with E-state index < -0.39 is 5.91 Å². The van der Waals surface area contributed by atoms with E-state index in [4.69, 9.17) is 10.2 Å². The molecule has 0 fully saturated rings. The molecule has 0 saturated carbocycles. The topological polar surface area (TPSA) is 94.9 Å². The molecule has 118 valence electrons. The van der Waals surface area contributed by atoms with E-state index in [-0.39, 0.29) is 0 Å². The zero-order valence-corrected chi connectivity index (χ0v) is 14.0. The maximum atomic E-state index is 11.2. The van der Waals surface area contributed by atoms with E-state index in [2.05, 4.69) is 15.2 Å².